The molecule has 0 aromatic carbocycles. The zero-order chi connectivity index (χ0) is 18.5. The zero-order valence-electron chi connectivity index (χ0n) is 16.3. The number of hydrogen-bond donors (Lipinski definition) is 2. The molecule has 0 amide bonds. The molecule has 1 aromatic heterocycles. The van der Waals surface area contributed by atoms with E-state index in [1.807, 2.05) is 37.7 Å². The van der Waals surface area contributed by atoms with Crippen molar-refractivity contribution in [1.82, 2.24) is 15.6 Å². The van der Waals surface area contributed by atoms with Crippen LogP contribution in [0.1, 0.15) is 65.0 Å². The highest BCUT2D eigenvalue weighted by molar-refractivity contribution is 6.10. The van der Waals surface area contributed by atoms with E-state index in [1.54, 1.807) is 0 Å². The van der Waals surface area contributed by atoms with Crippen molar-refractivity contribution in [2.75, 3.05) is 7.05 Å². The monoisotopic (exact) mass is 342 g/mol. The van der Waals surface area contributed by atoms with E-state index in [-0.39, 0.29) is 0 Å². The summed E-state index contributed by atoms with van der Waals surface area (Å²) in [6.45, 7) is 10.2. The Morgan fingerprint density at radius 3 is 2.52 bits per heavy atom. The Morgan fingerprint density at radius 2 is 1.96 bits per heavy atom. The van der Waals surface area contributed by atoms with Gasteiger partial charge in [0.15, 0.2) is 0 Å². The molecule has 25 heavy (non-hydrogen) atoms. The van der Waals surface area contributed by atoms with E-state index < -0.39 is 0 Å². The summed E-state index contributed by atoms with van der Waals surface area (Å²) in [5, 5.41) is 6.59. The molecule has 2 N–H and O–H groups in total. The van der Waals surface area contributed by atoms with Gasteiger partial charge in [0.2, 0.25) is 0 Å². The molecule has 1 aromatic rings. The minimum atomic E-state index is 0.563. The van der Waals surface area contributed by atoms with Crippen molar-refractivity contribution in [3.05, 3.63) is 48.2 Å². The number of nitrogens with zero attached hydrogens (tertiary/aromatic N) is 2. The first kappa shape index (κ1) is 20.9. The molecule has 1 fully saturated rings. The third-order valence-corrected chi connectivity index (χ3v) is 4.01. The maximum atomic E-state index is 4.46. The fourth-order valence-electron chi connectivity index (χ4n) is 2.72. The number of aliphatic imine (C=N–C) groups is 1. The fourth-order valence-corrected chi connectivity index (χ4v) is 2.72. The van der Waals surface area contributed by atoms with Crippen LogP contribution < -0.4 is 10.6 Å². The van der Waals surface area contributed by atoms with Gasteiger partial charge >= 0.3 is 0 Å². The summed E-state index contributed by atoms with van der Waals surface area (Å²) in [6.07, 6.45) is 11.4. The topological polar surface area (TPSA) is 49.3 Å². The maximum Gasteiger partial charge on any atom is 0.118 e. The first-order valence-electron chi connectivity index (χ1n) is 9.41. The van der Waals surface area contributed by atoms with Gasteiger partial charge in [-0.25, -0.2) is 4.99 Å². The van der Waals surface area contributed by atoms with Crippen LogP contribution in [0.15, 0.2) is 47.5 Å². The summed E-state index contributed by atoms with van der Waals surface area (Å²) in [6, 6.07) is 6.50. The third kappa shape index (κ3) is 8.01. The van der Waals surface area contributed by atoms with E-state index in [1.165, 1.54) is 38.5 Å². The second kappa shape index (κ2) is 12.3. The Bertz CT molecular complexity index is 555. The summed E-state index contributed by atoms with van der Waals surface area (Å²) in [7, 11) is 1.82. The summed E-state index contributed by atoms with van der Waals surface area (Å²) in [5.74, 6) is 0.638. The number of nitrogens with one attached hydrogen (secondary N) is 2. The number of rotatable bonds is 6. The molecule has 1 heterocycles. The van der Waals surface area contributed by atoms with Crippen LogP contribution in [0, 0.1) is 0 Å². The van der Waals surface area contributed by atoms with Crippen molar-refractivity contribution in [3.8, 4) is 0 Å². The van der Waals surface area contributed by atoms with Crippen molar-refractivity contribution < 1.29 is 0 Å². The van der Waals surface area contributed by atoms with E-state index >= 15 is 0 Å². The third-order valence-electron chi connectivity index (χ3n) is 4.01. The van der Waals surface area contributed by atoms with Gasteiger partial charge in [-0.3, -0.25) is 4.98 Å². The molecule has 4 nitrogen and oxygen atoms in total. The molecule has 138 valence electrons. The highest BCUT2D eigenvalue weighted by Crippen LogP contribution is 2.20. The number of pyridine rings is 1. The van der Waals surface area contributed by atoms with Gasteiger partial charge in [-0.1, -0.05) is 52.2 Å². The molecular formula is C21H34N4. The lowest BCUT2D eigenvalue weighted by atomic mass is 9.95. The smallest absolute Gasteiger partial charge is 0.118 e. The number of hydrogen-bond acceptors (Lipinski definition) is 4. The molecule has 1 aliphatic carbocycles. The number of allylic oxidation sites excluding steroid dienone is 2. The van der Waals surface area contributed by atoms with Crippen LogP contribution in [-0.2, 0) is 0 Å². The van der Waals surface area contributed by atoms with Gasteiger partial charge in [-0.2, -0.15) is 0 Å². The van der Waals surface area contributed by atoms with E-state index in [0.717, 1.165) is 17.0 Å². The van der Waals surface area contributed by atoms with Crippen LogP contribution in [-0.4, -0.2) is 24.3 Å². The van der Waals surface area contributed by atoms with E-state index in [0.29, 0.717) is 11.9 Å². The minimum absolute atomic E-state index is 0.563. The molecule has 0 unspecified atom stereocenters. The van der Waals surface area contributed by atoms with Crippen LogP contribution in [0.3, 0.4) is 0 Å². The first-order chi connectivity index (χ1) is 12.1. The molecule has 0 radical (unpaired) electrons. The molecule has 1 saturated carbocycles. The number of aromatic nitrogens is 1. The summed E-state index contributed by atoms with van der Waals surface area (Å²) in [4.78, 5) is 8.82. The molecule has 0 aliphatic heterocycles. The Labute approximate surface area is 153 Å². The van der Waals surface area contributed by atoms with Crippen molar-refractivity contribution in [2.24, 2.45) is 4.99 Å². The zero-order valence-corrected chi connectivity index (χ0v) is 16.3. The van der Waals surface area contributed by atoms with Crippen molar-refractivity contribution in [2.45, 2.75) is 65.3 Å². The average Bonchev–Trinajstić information content (AvgIpc) is 2.64. The predicted octanol–water partition coefficient (Wildman–Crippen LogP) is 4.91. The lowest BCUT2D eigenvalue weighted by molar-refractivity contribution is 0.397. The molecule has 4 heteroatoms. The van der Waals surface area contributed by atoms with Crippen LogP contribution in [0.2, 0.25) is 0 Å². The van der Waals surface area contributed by atoms with Crippen molar-refractivity contribution in [1.29, 1.82) is 0 Å². The highest BCUT2D eigenvalue weighted by Gasteiger charge is 2.14. The van der Waals surface area contributed by atoms with Gasteiger partial charge in [0.05, 0.1) is 5.69 Å². The normalized spacial score (nSPS) is 15.8. The first-order valence-corrected chi connectivity index (χ1v) is 9.41. The van der Waals surface area contributed by atoms with Crippen LogP contribution in [0.4, 0.5) is 0 Å². The standard InChI is InChI=1S/C18H26N4.C3H8/c1-14(22-16-9-5-4-6-10-16)17(13-21-15(2)19-3)18-11-7-8-12-20-18;1-3-2/h7-8,11-13,16,19,22H,2,4-6,9-10H2,1,3H3;3H2,1-2H3/b17-14-,21-13-;. The Hall–Kier alpha value is -2.10. The van der Waals surface area contributed by atoms with Gasteiger partial charge in [0.25, 0.3) is 0 Å². The lowest BCUT2D eigenvalue weighted by Crippen LogP contribution is -2.30. The van der Waals surface area contributed by atoms with E-state index in [4.69, 9.17) is 0 Å². The maximum absolute atomic E-state index is 4.46. The molecular weight excluding hydrogens is 308 g/mol. The van der Waals surface area contributed by atoms with Gasteiger partial charge in [0, 0.05) is 36.8 Å². The quantitative estimate of drug-likeness (QED) is 0.722. The van der Waals surface area contributed by atoms with Crippen molar-refractivity contribution >= 4 is 11.8 Å². The molecule has 2 rings (SSSR count). The molecule has 0 saturated heterocycles. The second-order valence-electron chi connectivity index (χ2n) is 6.39. The molecule has 1 aliphatic rings. The largest absolute Gasteiger partial charge is 0.385 e. The second-order valence-corrected chi connectivity index (χ2v) is 6.39. The Balaban J connectivity index is 0.000000970. The van der Waals surface area contributed by atoms with Gasteiger partial charge in [-0.15, -0.1) is 0 Å². The SMILES string of the molecule is C=C(/N=C\C(=C(/C)NC1CCCCC1)c1ccccn1)NC.CCC. The predicted molar refractivity (Wildman–Crippen MR) is 109 cm³/mol. The van der Waals surface area contributed by atoms with Crippen LogP contribution in [0.25, 0.3) is 5.57 Å². The summed E-state index contributed by atoms with van der Waals surface area (Å²) < 4.78 is 0. The Kier molecular flexibility index (Phi) is 10.3. The highest BCUT2D eigenvalue weighted by atomic mass is 15.0. The van der Waals surface area contributed by atoms with E-state index in [9.17, 15) is 0 Å². The van der Waals surface area contributed by atoms with Gasteiger partial charge < -0.3 is 10.6 Å². The van der Waals surface area contributed by atoms with Crippen molar-refractivity contribution in [3.63, 3.8) is 0 Å². The minimum Gasteiger partial charge on any atom is -0.385 e. The summed E-state index contributed by atoms with van der Waals surface area (Å²) in [5.41, 5.74) is 3.07. The van der Waals surface area contributed by atoms with Crippen LogP contribution >= 0.6 is 0 Å². The van der Waals surface area contributed by atoms with Gasteiger partial charge in [-0.05, 0) is 31.9 Å². The molecule has 0 bridgehead atoms. The molecule has 0 spiro atoms. The van der Waals surface area contributed by atoms with Gasteiger partial charge in [0.1, 0.15) is 5.82 Å². The molecule has 0 atom stereocenters. The average molecular weight is 343 g/mol. The lowest BCUT2D eigenvalue weighted by Gasteiger charge is -2.25. The fraction of sp³-hybridized carbons (Fsp3) is 0.524. The van der Waals surface area contributed by atoms with Crippen LogP contribution in [0.5, 0.6) is 0 Å². The summed E-state index contributed by atoms with van der Waals surface area (Å²) >= 11 is 0. The van der Waals surface area contributed by atoms with E-state index in [2.05, 4.69) is 48.0 Å². The Morgan fingerprint density at radius 1 is 1.28 bits per heavy atom.